The Morgan fingerprint density at radius 3 is 1.84 bits per heavy atom. The summed E-state index contributed by atoms with van der Waals surface area (Å²) in [6.45, 7) is 7.78. The lowest BCUT2D eigenvalue weighted by Crippen LogP contribution is -2.11. The van der Waals surface area contributed by atoms with Crippen LogP contribution in [0.5, 0.6) is 11.5 Å². The average molecular weight is 517 g/mol. The number of ether oxygens (including phenoxy) is 2. The first kappa shape index (κ1) is 29.7. The number of rotatable bonds is 19. The van der Waals surface area contributed by atoms with Crippen LogP contribution in [0.2, 0.25) is 0 Å². The van der Waals surface area contributed by atoms with Gasteiger partial charge < -0.3 is 9.47 Å². The zero-order chi connectivity index (χ0) is 27.0. The van der Waals surface area contributed by atoms with Gasteiger partial charge in [0.05, 0.1) is 6.61 Å². The molecule has 0 heterocycles. The molecule has 0 unspecified atom stereocenters. The van der Waals surface area contributed by atoms with Crippen LogP contribution in [-0.2, 0) is 6.61 Å². The first-order chi connectivity index (χ1) is 18.6. The van der Waals surface area contributed by atoms with Crippen molar-refractivity contribution in [3.8, 4) is 11.5 Å². The largest absolute Gasteiger partial charge is 0.494 e. The number of fused-ring (bicyclic) bond motifs is 1. The Bertz CT molecular complexity index is 1090. The summed E-state index contributed by atoms with van der Waals surface area (Å²) in [6.07, 6.45) is 14.8. The van der Waals surface area contributed by atoms with Crippen molar-refractivity contribution in [2.45, 2.75) is 104 Å². The molecule has 3 heteroatoms. The molecule has 0 bridgehead atoms. The average Bonchev–Trinajstić information content (AvgIpc) is 2.95. The molecule has 0 aliphatic heterocycles. The minimum atomic E-state index is 0.0813. The summed E-state index contributed by atoms with van der Waals surface area (Å²) in [6, 6.07) is 20.3. The van der Waals surface area contributed by atoms with E-state index in [-0.39, 0.29) is 11.7 Å². The maximum Gasteiger partial charge on any atom is 0.165 e. The van der Waals surface area contributed by atoms with Gasteiger partial charge in [-0.3, -0.25) is 4.79 Å². The van der Waals surface area contributed by atoms with Crippen LogP contribution in [0.4, 0.5) is 0 Å². The van der Waals surface area contributed by atoms with E-state index in [1.165, 1.54) is 57.8 Å². The molecule has 0 aromatic heterocycles. The van der Waals surface area contributed by atoms with Crippen molar-refractivity contribution in [1.29, 1.82) is 0 Å². The van der Waals surface area contributed by atoms with E-state index >= 15 is 0 Å². The Morgan fingerprint density at radius 2 is 1.21 bits per heavy atom. The fourth-order valence-electron chi connectivity index (χ4n) is 4.86. The van der Waals surface area contributed by atoms with Crippen LogP contribution in [0, 0.1) is 5.92 Å². The summed E-state index contributed by atoms with van der Waals surface area (Å²) in [5.41, 5.74) is 1.86. The van der Waals surface area contributed by atoms with Gasteiger partial charge in [0.1, 0.15) is 18.1 Å². The third-order valence-electron chi connectivity index (χ3n) is 7.38. The summed E-state index contributed by atoms with van der Waals surface area (Å²) in [5.74, 6) is 2.10. The molecule has 0 saturated carbocycles. The number of carbonyl (C=O) groups is 1. The first-order valence-corrected chi connectivity index (χ1v) is 15.0. The molecule has 0 amide bonds. The topological polar surface area (TPSA) is 35.5 Å². The molecule has 0 aliphatic rings. The normalized spacial score (nSPS) is 12.0. The maximum atomic E-state index is 12.7. The van der Waals surface area contributed by atoms with Gasteiger partial charge in [-0.15, -0.1) is 0 Å². The second-order valence-corrected chi connectivity index (χ2v) is 10.7. The fourth-order valence-corrected chi connectivity index (χ4v) is 4.86. The molecule has 0 spiro atoms. The molecule has 3 aromatic carbocycles. The molecule has 3 rings (SSSR count). The van der Waals surface area contributed by atoms with Gasteiger partial charge in [0.2, 0.25) is 0 Å². The van der Waals surface area contributed by atoms with Gasteiger partial charge in [-0.2, -0.15) is 0 Å². The van der Waals surface area contributed by atoms with Gasteiger partial charge in [-0.25, -0.2) is 0 Å². The van der Waals surface area contributed by atoms with Crippen molar-refractivity contribution in [3.05, 3.63) is 71.8 Å². The van der Waals surface area contributed by atoms with Gasteiger partial charge in [-0.1, -0.05) is 121 Å². The van der Waals surface area contributed by atoms with E-state index in [9.17, 15) is 4.79 Å². The van der Waals surface area contributed by atoms with Crippen LogP contribution in [-0.4, -0.2) is 12.4 Å². The summed E-state index contributed by atoms with van der Waals surface area (Å²) in [4.78, 5) is 12.7. The highest BCUT2D eigenvalue weighted by Gasteiger charge is 2.14. The Morgan fingerprint density at radius 1 is 0.658 bits per heavy atom. The highest BCUT2D eigenvalue weighted by Crippen LogP contribution is 2.26. The molecule has 0 radical (unpaired) electrons. The molecular formula is C35H48O3. The van der Waals surface area contributed by atoms with Gasteiger partial charge in [-0.05, 0) is 53.4 Å². The minimum Gasteiger partial charge on any atom is -0.494 e. The van der Waals surface area contributed by atoms with Crippen LogP contribution in [0.15, 0.2) is 60.7 Å². The number of hydrogen-bond acceptors (Lipinski definition) is 3. The Kier molecular flexibility index (Phi) is 13.2. The van der Waals surface area contributed by atoms with Crippen LogP contribution in [0.25, 0.3) is 10.8 Å². The monoisotopic (exact) mass is 516 g/mol. The first-order valence-electron chi connectivity index (χ1n) is 15.0. The molecule has 0 N–H and O–H groups in total. The van der Waals surface area contributed by atoms with Crippen LogP contribution in [0.3, 0.4) is 0 Å². The second kappa shape index (κ2) is 16.9. The minimum absolute atomic E-state index is 0.0813. The zero-order valence-electron chi connectivity index (χ0n) is 24.0. The summed E-state index contributed by atoms with van der Waals surface area (Å²) >= 11 is 0. The lowest BCUT2D eigenvalue weighted by Gasteiger charge is -2.12. The molecule has 0 fully saturated rings. The third kappa shape index (κ3) is 10.2. The number of unbranched alkanes of at least 4 members (excludes halogenated alkanes) is 9. The van der Waals surface area contributed by atoms with E-state index < -0.39 is 0 Å². The lowest BCUT2D eigenvalue weighted by atomic mass is 9.93. The maximum absolute atomic E-state index is 12.7. The molecule has 0 saturated heterocycles. The van der Waals surface area contributed by atoms with Crippen LogP contribution < -0.4 is 9.47 Å². The number of carbonyl (C=O) groups excluding carboxylic acids is 1. The third-order valence-corrected chi connectivity index (χ3v) is 7.38. The van der Waals surface area contributed by atoms with E-state index in [1.807, 2.05) is 36.4 Å². The van der Waals surface area contributed by atoms with Crippen molar-refractivity contribution in [2.75, 3.05) is 6.61 Å². The molecule has 1 atom stereocenters. The predicted molar refractivity (Wildman–Crippen MR) is 160 cm³/mol. The van der Waals surface area contributed by atoms with Crippen molar-refractivity contribution in [2.24, 2.45) is 5.92 Å². The number of hydrogen-bond donors (Lipinski definition) is 0. The van der Waals surface area contributed by atoms with Crippen molar-refractivity contribution >= 4 is 16.6 Å². The summed E-state index contributed by atoms with van der Waals surface area (Å²) in [5, 5.41) is 2.29. The van der Waals surface area contributed by atoms with E-state index in [1.54, 1.807) is 0 Å². The standard InChI is InChI=1S/C35H48O3/c1-4-6-8-10-11-12-14-24-37-33-22-20-32-26-34(23-21-31(32)25-33)38-27-29-16-18-30(19-17-29)35(36)28(3)15-13-9-7-5-2/h16-23,25-26,28H,4-15,24,27H2,1-3H3/t28-/m1/s1. The molecular weight excluding hydrogens is 468 g/mol. The SMILES string of the molecule is CCCCCCCCCOc1ccc2cc(OCc3ccc(C(=O)[C@H](C)CCCCCC)cc3)ccc2c1. The number of Topliss-reactive ketones (excluding diaryl/α,β-unsaturated/α-hetero) is 1. The summed E-state index contributed by atoms with van der Waals surface area (Å²) in [7, 11) is 0. The van der Waals surface area contributed by atoms with Gasteiger partial charge in [0, 0.05) is 11.5 Å². The van der Waals surface area contributed by atoms with Gasteiger partial charge in [0.15, 0.2) is 5.78 Å². The Hall–Kier alpha value is -2.81. The van der Waals surface area contributed by atoms with E-state index in [0.717, 1.165) is 59.3 Å². The van der Waals surface area contributed by atoms with Gasteiger partial charge >= 0.3 is 0 Å². The van der Waals surface area contributed by atoms with Crippen molar-refractivity contribution in [1.82, 2.24) is 0 Å². The van der Waals surface area contributed by atoms with Gasteiger partial charge in [0.25, 0.3) is 0 Å². The predicted octanol–water partition coefficient (Wildman–Crippen LogP) is 10.3. The van der Waals surface area contributed by atoms with E-state index in [2.05, 4.69) is 45.0 Å². The van der Waals surface area contributed by atoms with E-state index in [4.69, 9.17) is 9.47 Å². The summed E-state index contributed by atoms with van der Waals surface area (Å²) < 4.78 is 12.1. The van der Waals surface area contributed by atoms with Crippen molar-refractivity contribution < 1.29 is 14.3 Å². The Labute approximate surface area is 230 Å². The van der Waals surface area contributed by atoms with Crippen LogP contribution in [0.1, 0.15) is 114 Å². The highest BCUT2D eigenvalue weighted by molar-refractivity contribution is 5.97. The van der Waals surface area contributed by atoms with Crippen molar-refractivity contribution in [3.63, 3.8) is 0 Å². The second-order valence-electron chi connectivity index (χ2n) is 10.7. The fraction of sp³-hybridized carbons (Fsp3) is 0.514. The number of benzene rings is 3. The molecule has 206 valence electrons. The highest BCUT2D eigenvalue weighted by atomic mass is 16.5. The molecule has 38 heavy (non-hydrogen) atoms. The molecule has 0 aliphatic carbocycles. The molecule has 3 aromatic rings. The quantitative estimate of drug-likeness (QED) is 0.117. The smallest absolute Gasteiger partial charge is 0.165 e. The van der Waals surface area contributed by atoms with E-state index in [0.29, 0.717) is 6.61 Å². The van der Waals surface area contributed by atoms with Crippen LogP contribution >= 0.6 is 0 Å². The number of ketones is 1. The molecule has 3 nitrogen and oxygen atoms in total. The lowest BCUT2D eigenvalue weighted by molar-refractivity contribution is 0.0922. The zero-order valence-corrected chi connectivity index (χ0v) is 24.0. The Balaban J connectivity index is 1.43.